The molecule has 0 atom stereocenters. The smallest absolute Gasteiger partial charge is 0.161 e. The van der Waals surface area contributed by atoms with Crippen molar-refractivity contribution in [1.29, 1.82) is 0 Å². The van der Waals surface area contributed by atoms with Crippen molar-refractivity contribution in [2.24, 2.45) is 0 Å². The molecule has 0 aliphatic carbocycles. The van der Waals surface area contributed by atoms with E-state index in [-0.39, 0.29) is 0 Å². The van der Waals surface area contributed by atoms with Gasteiger partial charge in [-0.15, -0.1) is 0 Å². The van der Waals surface area contributed by atoms with Crippen molar-refractivity contribution in [3.05, 3.63) is 36.5 Å². The third-order valence-corrected chi connectivity index (χ3v) is 2.69. The Kier molecular flexibility index (Phi) is 4.23. The van der Waals surface area contributed by atoms with Crippen LogP contribution in [0.5, 0.6) is 11.5 Å². The molecule has 0 aliphatic rings. The molecule has 2 N–H and O–H groups in total. The molecule has 0 bridgehead atoms. The Morgan fingerprint density at radius 2 is 1.79 bits per heavy atom. The van der Waals surface area contributed by atoms with E-state index in [2.05, 4.69) is 4.98 Å². The van der Waals surface area contributed by atoms with Crippen LogP contribution in [-0.2, 0) is 0 Å². The van der Waals surface area contributed by atoms with Crippen molar-refractivity contribution in [2.75, 3.05) is 18.9 Å². The van der Waals surface area contributed by atoms with E-state index >= 15 is 0 Å². The number of pyridine rings is 1. The number of hydrogen-bond donors (Lipinski definition) is 1. The van der Waals surface area contributed by atoms with Crippen LogP contribution in [0.25, 0.3) is 11.1 Å². The second-order valence-corrected chi connectivity index (χ2v) is 3.96. The Morgan fingerprint density at radius 3 is 2.47 bits per heavy atom. The normalized spacial score (nSPS) is 10.2. The summed E-state index contributed by atoms with van der Waals surface area (Å²) in [7, 11) is 0. The van der Waals surface area contributed by atoms with E-state index in [9.17, 15) is 0 Å². The van der Waals surface area contributed by atoms with E-state index in [0.717, 1.165) is 22.6 Å². The van der Waals surface area contributed by atoms with Crippen molar-refractivity contribution in [2.45, 2.75) is 13.8 Å². The predicted octanol–water partition coefficient (Wildman–Crippen LogP) is 3.13. The molecule has 2 aromatic rings. The first kappa shape index (κ1) is 13.2. The van der Waals surface area contributed by atoms with Crippen molar-refractivity contribution in [1.82, 2.24) is 4.98 Å². The molecule has 1 aromatic heterocycles. The molecule has 0 amide bonds. The first-order valence-corrected chi connectivity index (χ1v) is 6.36. The second kappa shape index (κ2) is 6.09. The molecular weight excluding hydrogens is 240 g/mol. The van der Waals surface area contributed by atoms with Crippen molar-refractivity contribution in [3.63, 3.8) is 0 Å². The molecule has 1 aromatic carbocycles. The van der Waals surface area contributed by atoms with Crippen LogP contribution in [0.2, 0.25) is 0 Å². The van der Waals surface area contributed by atoms with Gasteiger partial charge in [0, 0.05) is 11.8 Å². The first-order valence-electron chi connectivity index (χ1n) is 6.36. The number of aromatic nitrogens is 1. The molecule has 0 aliphatic heterocycles. The Labute approximate surface area is 113 Å². The minimum Gasteiger partial charge on any atom is -0.490 e. The maximum Gasteiger partial charge on any atom is 0.161 e. The number of rotatable bonds is 5. The van der Waals surface area contributed by atoms with Gasteiger partial charge < -0.3 is 15.2 Å². The molecule has 0 spiro atoms. The average Bonchev–Trinajstić information content (AvgIpc) is 2.42. The number of nitrogens with zero attached hydrogens (tertiary/aromatic N) is 1. The highest BCUT2D eigenvalue weighted by molar-refractivity contribution is 5.75. The van der Waals surface area contributed by atoms with Crippen LogP contribution in [0, 0.1) is 0 Å². The van der Waals surface area contributed by atoms with E-state index in [0.29, 0.717) is 19.0 Å². The molecule has 100 valence electrons. The van der Waals surface area contributed by atoms with E-state index < -0.39 is 0 Å². The third kappa shape index (κ3) is 2.96. The molecule has 0 unspecified atom stereocenters. The van der Waals surface area contributed by atoms with Crippen LogP contribution < -0.4 is 15.2 Å². The SMILES string of the molecule is CCOc1ccc(-c2cccnc2N)cc1OCC. The zero-order chi connectivity index (χ0) is 13.7. The van der Waals surface area contributed by atoms with Gasteiger partial charge in [0.05, 0.1) is 13.2 Å². The molecule has 19 heavy (non-hydrogen) atoms. The summed E-state index contributed by atoms with van der Waals surface area (Å²) < 4.78 is 11.1. The minimum absolute atomic E-state index is 0.508. The summed E-state index contributed by atoms with van der Waals surface area (Å²) in [6.45, 7) is 5.09. The summed E-state index contributed by atoms with van der Waals surface area (Å²) in [6.07, 6.45) is 1.68. The lowest BCUT2D eigenvalue weighted by molar-refractivity contribution is 0.288. The van der Waals surface area contributed by atoms with Gasteiger partial charge in [-0.05, 0) is 43.7 Å². The number of anilines is 1. The molecule has 0 saturated heterocycles. The largest absolute Gasteiger partial charge is 0.490 e. The number of hydrogen-bond acceptors (Lipinski definition) is 4. The Hall–Kier alpha value is -2.23. The van der Waals surface area contributed by atoms with Gasteiger partial charge in [0.15, 0.2) is 11.5 Å². The zero-order valence-electron chi connectivity index (χ0n) is 11.2. The van der Waals surface area contributed by atoms with Gasteiger partial charge in [0.2, 0.25) is 0 Å². The van der Waals surface area contributed by atoms with Crippen LogP contribution in [0.15, 0.2) is 36.5 Å². The fourth-order valence-electron chi connectivity index (χ4n) is 1.88. The van der Waals surface area contributed by atoms with E-state index in [1.165, 1.54) is 0 Å². The quantitative estimate of drug-likeness (QED) is 0.895. The van der Waals surface area contributed by atoms with Crippen molar-refractivity contribution < 1.29 is 9.47 Å². The standard InChI is InChI=1S/C15H18N2O2/c1-3-18-13-8-7-11(10-14(13)19-4-2)12-6-5-9-17-15(12)16/h5-10H,3-4H2,1-2H3,(H2,16,17). The maximum atomic E-state index is 5.89. The molecule has 4 nitrogen and oxygen atoms in total. The summed E-state index contributed by atoms with van der Waals surface area (Å²) >= 11 is 0. The van der Waals surface area contributed by atoms with Crippen LogP contribution in [0.3, 0.4) is 0 Å². The van der Waals surface area contributed by atoms with Gasteiger partial charge in [0.1, 0.15) is 5.82 Å². The average molecular weight is 258 g/mol. The van der Waals surface area contributed by atoms with Gasteiger partial charge in [-0.2, -0.15) is 0 Å². The van der Waals surface area contributed by atoms with Crippen molar-refractivity contribution in [3.8, 4) is 22.6 Å². The van der Waals surface area contributed by atoms with E-state index in [1.54, 1.807) is 6.20 Å². The molecule has 0 radical (unpaired) electrons. The fraction of sp³-hybridized carbons (Fsp3) is 0.267. The molecule has 1 heterocycles. The van der Waals surface area contributed by atoms with E-state index in [4.69, 9.17) is 15.2 Å². The lowest BCUT2D eigenvalue weighted by Crippen LogP contribution is -1.99. The lowest BCUT2D eigenvalue weighted by Gasteiger charge is -2.13. The van der Waals surface area contributed by atoms with Crippen LogP contribution in [0.1, 0.15) is 13.8 Å². The number of benzene rings is 1. The molecule has 2 rings (SSSR count). The Bertz CT molecular complexity index is 556. The minimum atomic E-state index is 0.508. The molecule has 0 fully saturated rings. The third-order valence-electron chi connectivity index (χ3n) is 2.69. The fourth-order valence-corrected chi connectivity index (χ4v) is 1.88. The second-order valence-electron chi connectivity index (χ2n) is 3.96. The zero-order valence-corrected chi connectivity index (χ0v) is 11.2. The Balaban J connectivity index is 2.43. The van der Waals surface area contributed by atoms with Crippen LogP contribution in [-0.4, -0.2) is 18.2 Å². The number of ether oxygens (including phenoxy) is 2. The lowest BCUT2D eigenvalue weighted by atomic mass is 10.1. The molecular formula is C15H18N2O2. The van der Waals surface area contributed by atoms with Crippen LogP contribution in [0.4, 0.5) is 5.82 Å². The highest BCUT2D eigenvalue weighted by Crippen LogP contribution is 2.34. The Morgan fingerprint density at radius 1 is 1.05 bits per heavy atom. The van der Waals surface area contributed by atoms with Crippen molar-refractivity contribution >= 4 is 5.82 Å². The number of nitrogen functional groups attached to an aromatic ring is 1. The van der Waals surface area contributed by atoms with Gasteiger partial charge in [-0.3, -0.25) is 0 Å². The van der Waals surface area contributed by atoms with E-state index in [1.807, 2.05) is 44.2 Å². The summed E-state index contributed by atoms with van der Waals surface area (Å²) in [6, 6.07) is 9.59. The number of nitrogens with two attached hydrogens (primary N) is 1. The molecule has 0 saturated carbocycles. The summed E-state index contributed by atoms with van der Waals surface area (Å²) in [5.74, 6) is 1.98. The summed E-state index contributed by atoms with van der Waals surface area (Å²) in [5, 5.41) is 0. The highest BCUT2D eigenvalue weighted by Gasteiger charge is 2.09. The topological polar surface area (TPSA) is 57.4 Å². The maximum absolute atomic E-state index is 5.89. The summed E-state index contributed by atoms with van der Waals surface area (Å²) in [5.41, 5.74) is 7.75. The highest BCUT2D eigenvalue weighted by atomic mass is 16.5. The van der Waals surface area contributed by atoms with Crippen LogP contribution >= 0.6 is 0 Å². The predicted molar refractivity (Wildman–Crippen MR) is 76.4 cm³/mol. The van der Waals surface area contributed by atoms with Gasteiger partial charge in [-0.25, -0.2) is 4.98 Å². The van der Waals surface area contributed by atoms with Gasteiger partial charge in [-0.1, -0.05) is 6.07 Å². The van der Waals surface area contributed by atoms with Gasteiger partial charge >= 0.3 is 0 Å². The van der Waals surface area contributed by atoms with Gasteiger partial charge in [0.25, 0.3) is 0 Å². The monoisotopic (exact) mass is 258 g/mol. The first-order chi connectivity index (χ1) is 9.26. The summed E-state index contributed by atoms with van der Waals surface area (Å²) in [4.78, 5) is 4.10. The molecule has 4 heteroatoms.